The lowest BCUT2D eigenvalue weighted by Crippen LogP contribution is -2.09. The smallest absolute Gasteiger partial charge is 0.121 e. The summed E-state index contributed by atoms with van der Waals surface area (Å²) in [5, 5.41) is 6.42. The van der Waals surface area contributed by atoms with Gasteiger partial charge in [0.2, 0.25) is 0 Å². The Morgan fingerprint density at radius 1 is 1.44 bits per heavy atom. The van der Waals surface area contributed by atoms with E-state index in [-0.39, 0.29) is 6.10 Å². The summed E-state index contributed by atoms with van der Waals surface area (Å²) in [5.74, 6) is 0.911. The summed E-state index contributed by atoms with van der Waals surface area (Å²) >= 11 is 1.66. The molecule has 18 heavy (non-hydrogen) atoms. The summed E-state index contributed by atoms with van der Waals surface area (Å²) in [6.45, 7) is 4.95. The summed E-state index contributed by atoms with van der Waals surface area (Å²) < 4.78 is 5.79. The van der Waals surface area contributed by atoms with Crippen LogP contribution in [-0.4, -0.2) is 11.1 Å². The standard InChI is InChI=1S/C14H18N2OS/c1-3-11(2)17-13-6-4-5-12(9-13)16-10-14-15-7-8-18-14/h4-9,11,16H,3,10H2,1-2H3. The summed E-state index contributed by atoms with van der Waals surface area (Å²) in [7, 11) is 0. The molecule has 1 atom stereocenters. The van der Waals surface area contributed by atoms with E-state index >= 15 is 0 Å². The minimum Gasteiger partial charge on any atom is -0.491 e. The Balaban J connectivity index is 1.94. The van der Waals surface area contributed by atoms with E-state index in [0.717, 1.165) is 29.4 Å². The van der Waals surface area contributed by atoms with Crippen LogP contribution in [0, 0.1) is 0 Å². The van der Waals surface area contributed by atoms with Crippen molar-refractivity contribution in [3.8, 4) is 5.75 Å². The summed E-state index contributed by atoms with van der Waals surface area (Å²) in [6, 6.07) is 8.06. The Kier molecular flexibility index (Phi) is 4.59. The Labute approximate surface area is 112 Å². The number of nitrogens with one attached hydrogen (secondary N) is 1. The highest BCUT2D eigenvalue weighted by Crippen LogP contribution is 2.20. The fourth-order valence-corrected chi connectivity index (χ4v) is 2.07. The molecule has 2 rings (SSSR count). The SMILES string of the molecule is CCC(C)Oc1cccc(NCc2nccs2)c1. The lowest BCUT2D eigenvalue weighted by Gasteiger charge is -2.13. The van der Waals surface area contributed by atoms with Gasteiger partial charge in [-0.2, -0.15) is 0 Å². The predicted molar refractivity (Wildman–Crippen MR) is 76.3 cm³/mol. The molecule has 0 aliphatic heterocycles. The van der Waals surface area contributed by atoms with Crippen molar-refractivity contribution >= 4 is 17.0 Å². The van der Waals surface area contributed by atoms with Gasteiger partial charge < -0.3 is 10.1 Å². The summed E-state index contributed by atoms with van der Waals surface area (Å²) in [6.07, 6.45) is 3.08. The van der Waals surface area contributed by atoms with Gasteiger partial charge in [-0.05, 0) is 25.5 Å². The van der Waals surface area contributed by atoms with Crippen LogP contribution < -0.4 is 10.1 Å². The molecule has 0 bridgehead atoms. The molecular formula is C14H18N2OS. The number of aromatic nitrogens is 1. The molecule has 0 saturated carbocycles. The van der Waals surface area contributed by atoms with Crippen molar-refractivity contribution in [2.45, 2.75) is 32.9 Å². The fourth-order valence-electron chi connectivity index (χ4n) is 1.51. The second-order valence-electron chi connectivity index (χ2n) is 4.14. The molecule has 0 radical (unpaired) electrons. The maximum absolute atomic E-state index is 5.79. The number of hydrogen-bond donors (Lipinski definition) is 1. The number of benzene rings is 1. The van der Waals surface area contributed by atoms with E-state index in [1.165, 1.54) is 0 Å². The van der Waals surface area contributed by atoms with Gasteiger partial charge in [0.05, 0.1) is 12.6 Å². The minimum atomic E-state index is 0.249. The Morgan fingerprint density at radius 3 is 3.06 bits per heavy atom. The van der Waals surface area contributed by atoms with Crippen molar-refractivity contribution in [2.24, 2.45) is 0 Å². The van der Waals surface area contributed by atoms with Gasteiger partial charge in [0.15, 0.2) is 0 Å². The maximum atomic E-state index is 5.79. The van der Waals surface area contributed by atoms with Crippen LogP contribution in [0.3, 0.4) is 0 Å². The largest absolute Gasteiger partial charge is 0.491 e. The molecule has 1 aromatic heterocycles. The zero-order valence-electron chi connectivity index (χ0n) is 10.7. The number of ether oxygens (including phenoxy) is 1. The first-order valence-electron chi connectivity index (χ1n) is 6.17. The van der Waals surface area contributed by atoms with Crippen LogP contribution in [0.1, 0.15) is 25.3 Å². The van der Waals surface area contributed by atoms with Crippen molar-refractivity contribution in [3.05, 3.63) is 40.8 Å². The third-order valence-electron chi connectivity index (χ3n) is 2.67. The molecule has 3 nitrogen and oxygen atoms in total. The number of hydrogen-bond acceptors (Lipinski definition) is 4. The molecule has 96 valence electrons. The molecule has 0 spiro atoms. The molecule has 1 unspecified atom stereocenters. The van der Waals surface area contributed by atoms with Crippen LogP contribution in [0.15, 0.2) is 35.8 Å². The van der Waals surface area contributed by atoms with Gasteiger partial charge in [0, 0.05) is 23.3 Å². The molecule has 0 saturated heterocycles. The van der Waals surface area contributed by atoms with Crippen molar-refractivity contribution in [1.82, 2.24) is 4.98 Å². The van der Waals surface area contributed by atoms with Crippen molar-refractivity contribution in [3.63, 3.8) is 0 Å². The zero-order valence-corrected chi connectivity index (χ0v) is 11.5. The molecule has 0 amide bonds. The Bertz CT molecular complexity index is 470. The first-order chi connectivity index (χ1) is 8.78. The number of nitrogens with zero attached hydrogens (tertiary/aromatic N) is 1. The number of thiazole rings is 1. The molecule has 4 heteroatoms. The highest BCUT2D eigenvalue weighted by Gasteiger charge is 2.02. The van der Waals surface area contributed by atoms with E-state index in [4.69, 9.17) is 4.74 Å². The van der Waals surface area contributed by atoms with Crippen molar-refractivity contribution < 1.29 is 4.74 Å². The van der Waals surface area contributed by atoms with Gasteiger partial charge in [0.25, 0.3) is 0 Å². The first-order valence-corrected chi connectivity index (χ1v) is 7.05. The second-order valence-corrected chi connectivity index (χ2v) is 5.12. The van der Waals surface area contributed by atoms with Crippen molar-refractivity contribution in [1.29, 1.82) is 0 Å². The molecule has 0 aliphatic carbocycles. The maximum Gasteiger partial charge on any atom is 0.121 e. The average Bonchev–Trinajstić information content (AvgIpc) is 2.90. The molecule has 1 aromatic carbocycles. The van der Waals surface area contributed by atoms with Crippen LogP contribution in [0.2, 0.25) is 0 Å². The summed E-state index contributed by atoms with van der Waals surface area (Å²) in [4.78, 5) is 4.24. The monoisotopic (exact) mass is 262 g/mol. The van der Waals surface area contributed by atoms with Gasteiger partial charge in [-0.3, -0.25) is 0 Å². The molecular weight excluding hydrogens is 244 g/mol. The minimum absolute atomic E-state index is 0.249. The third-order valence-corrected chi connectivity index (χ3v) is 3.45. The lowest BCUT2D eigenvalue weighted by molar-refractivity contribution is 0.217. The van der Waals surface area contributed by atoms with Crippen LogP contribution in [0.5, 0.6) is 5.75 Å². The van der Waals surface area contributed by atoms with Gasteiger partial charge in [0.1, 0.15) is 10.8 Å². The van der Waals surface area contributed by atoms with Crippen LogP contribution in [-0.2, 0) is 6.54 Å². The van der Waals surface area contributed by atoms with E-state index in [1.807, 2.05) is 35.8 Å². The van der Waals surface area contributed by atoms with Gasteiger partial charge in [-0.1, -0.05) is 13.0 Å². The highest BCUT2D eigenvalue weighted by molar-refractivity contribution is 7.09. The molecule has 1 heterocycles. The quantitative estimate of drug-likeness (QED) is 0.856. The molecule has 1 N–H and O–H groups in total. The van der Waals surface area contributed by atoms with Gasteiger partial charge in [-0.25, -0.2) is 4.98 Å². The molecule has 0 aliphatic rings. The highest BCUT2D eigenvalue weighted by atomic mass is 32.1. The molecule has 2 aromatic rings. The third kappa shape index (κ3) is 3.74. The van der Waals surface area contributed by atoms with Crippen LogP contribution in [0.4, 0.5) is 5.69 Å². The van der Waals surface area contributed by atoms with Gasteiger partial charge >= 0.3 is 0 Å². The Hall–Kier alpha value is -1.55. The number of rotatable bonds is 6. The van der Waals surface area contributed by atoms with E-state index < -0.39 is 0 Å². The first kappa shape index (κ1) is 12.9. The topological polar surface area (TPSA) is 34.1 Å². The van der Waals surface area contributed by atoms with E-state index in [0.29, 0.717) is 0 Å². The van der Waals surface area contributed by atoms with E-state index in [1.54, 1.807) is 11.3 Å². The van der Waals surface area contributed by atoms with Crippen LogP contribution >= 0.6 is 11.3 Å². The van der Waals surface area contributed by atoms with E-state index in [2.05, 4.69) is 24.1 Å². The van der Waals surface area contributed by atoms with Crippen LogP contribution in [0.25, 0.3) is 0 Å². The Morgan fingerprint density at radius 2 is 2.33 bits per heavy atom. The summed E-state index contributed by atoms with van der Waals surface area (Å²) in [5.41, 5.74) is 1.06. The average molecular weight is 262 g/mol. The lowest BCUT2D eigenvalue weighted by atomic mass is 10.2. The fraction of sp³-hybridized carbons (Fsp3) is 0.357. The molecule has 0 fully saturated rings. The van der Waals surface area contributed by atoms with Crippen molar-refractivity contribution in [2.75, 3.05) is 5.32 Å². The number of anilines is 1. The van der Waals surface area contributed by atoms with Gasteiger partial charge in [-0.15, -0.1) is 11.3 Å². The van der Waals surface area contributed by atoms with E-state index in [9.17, 15) is 0 Å². The normalized spacial score (nSPS) is 12.1. The zero-order chi connectivity index (χ0) is 12.8. The predicted octanol–water partition coefficient (Wildman–Crippen LogP) is 3.93. The second kappa shape index (κ2) is 6.40.